The Balaban J connectivity index is 1.74. The molecule has 2 aromatic carbocycles. The Morgan fingerprint density at radius 2 is 1.76 bits per heavy atom. The lowest BCUT2D eigenvalue weighted by molar-refractivity contribution is -0.127. The lowest BCUT2D eigenvalue weighted by atomic mass is 10.0. The molecule has 7 heteroatoms. The van der Waals surface area contributed by atoms with Crippen LogP contribution in [-0.2, 0) is 14.4 Å². The number of nitrogens with zero attached hydrogens (tertiary/aromatic N) is 1. The Labute approximate surface area is 142 Å². The number of benzene rings is 2. The molecular formula is C18H13FN2O4. The number of ether oxygens (including phenoxy) is 1. The van der Waals surface area contributed by atoms with E-state index < -0.39 is 23.7 Å². The number of hydrogen-bond acceptors (Lipinski definition) is 5. The third-order valence-electron chi connectivity index (χ3n) is 4.15. The molecule has 2 aromatic rings. The highest BCUT2D eigenvalue weighted by Gasteiger charge is 2.50. The quantitative estimate of drug-likeness (QED) is 0.866. The molecule has 2 aliphatic rings. The van der Waals surface area contributed by atoms with Crippen molar-refractivity contribution < 1.29 is 23.6 Å². The molecule has 0 radical (unpaired) electrons. The molecule has 1 fully saturated rings. The van der Waals surface area contributed by atoms with Gasteiger partial charge in [-0.1, -0.05) is 0 Å². The lowest BCUT2D eigenvalue weighted by Crippen LogP contribution is -2.34. The van der Waals surface area contributed by atoms with Crippen molar-refractivity contribution in [3.63, 3.8) is 0 Å². The molecule has 0 aliphatic carbocycles. The van der Waals surface area contributed by atoms with Gasteiger partial charge in [-0.2, -0.15) is 0 Å². The Hall–Kier alpha value is -3.19. The Bertz CT molecular complexity index is 890. The first-order valence-corrected chi connectivity index (χ1v) is 7.54. The van der Waals surface area contributed by atoms with Crippen LogP contribution in [-0.4, -0.2) is 25.0 Å². The highest BCUT2D eigenvalue weighted by molar-refractivity contribution is 6.33. The molecule has 1 atom stereocenters. The van der Waals surface area contributed by atoms with E-state index in [-0.39, 0.29) is 5.57 Å². The molecule has 0 bridgehead atoms. The predicted molar refractivity (Wildman–Crippen MR) is 86.8 cm³/mol. The van der Waals surface area contributed by atoms with Crippen LogP contribution in [0.4, 0.5) is 10.1 Å². The van der Waals surface area contributed by atoms with Crippen molar-refractivity contribution in [2.75, 3.05) is 12.0 Å². The third kappa shape index (κ3) is 2.36. The van der Waals surface area contributed by atoms with Crippen LogP contribution in [0.5, 0.6) is 5.75 Å². The number of carbonyl (C=O) groups is 2. The first kappa shape index (κ1) is 15.3. The van der Waals surface area contributed by atoms with E-state index in [2.05, 4.69) is 5.48 Å². The highest BCUT2D eigenvalue weighted by atomic mass is 19.1. The van der Waals surface area contributed by atoms with Crippen molar-refractivity contribution in [3.05, 3.63) is 65.5 Å². The second-order valence-electron chi connectivity index (χ2n) is 5.57. The number of rotatable bonds is 3. The predicted octanol–water partition coefficient (Wildman–Crippen LogP) is 2.02. The van der Waals surface area contributed by atoms with Crippen molar-refractivity contribution in [1.82, 2.24) is 5.48 Å². The summed E-state index contributed by atoms with van der Waals surface area (Å²) in [5, 5.41) is 0. The van der Waals surface area contributed by atoms with E-state index in [1.54, 1.807) is 24.3 Å². The minimum absolute atomic E-state index is 0.215. The van der Waals surface area contributed by atoms with Crippen molar-refractivity contribution in [1.29, 1.82) is 0 Å². The Morgan fingerprint density at radius 1 is 1.08 bits per heavy atom. The van der Waals surface area contributed by atoms with Crippen LogP contribution in [0.25, 0.3) is 5.70 Å². The SMILES string of the molecule is COc1ccc(N2C(=O)C3=C(c4ccc(F)cc4)NO[C@H]3C2=O)cc1. The highest BCUT2D eigenvalue weighted by Crippen LogP contribution is 2.36. The second-order valence-corrected chi connectivity index (χ2v) is 5.57. The topological polar surface area (TPSA) is 67.9 Å². The number of fused-ring (bicyclic) bond motifs is 1. The largest absolute Gasteiger partial charge is 0.497 e. The van der Waals surface area contributed by atoms with Crippen molar-refractivity contribution in [2.24, 2.45) is 0 Å². The van der Waals surface area contributed by atoms with Gasteiger partial charge >= 0.3 is 0 Å². The number of hydroxylamine groups is 1. The minimum atomic E-state index is -1.02. The van der Waals surface area contributed by atoms with Crippen LogP contribution >= 0.6 is 0 Å². The van der Waals surface area contributed by atoms with Gasteiger partial charge in [-0.3, -0.25) is 19.9 Å². The van der Waals surface area contributed by atoms with Crippen molar-refractivity contribution in [2.45, 2.75) is 6.10 Å². The summed E-state index contributed by atoms with van der Waals surface area (Å²) < 4.78 is 18.2. The van der Waals surface area contributed by atoms with E-state index in [1.165, 1.54) is 31.4 Å². The normalized spacial score (nSPS) is 19.3. The minimum Gasteiger partial charge on any atom is -0.497 e. The first-order valence-electron chi connectivity index (χ1n) is 7.54. The van der Waals surface area contributed by atoms with E-state index in [1.807, 2.05) is 0 Å². The molecule has 0 aromatic heterocycles. The van der Waals surface area contributed by atoms with Crippen LogP contribution < -0.4 is 15.1 Å². The molecule has 4 rings (SSSR count). The van der Waals surface area contributed by atoms with Gasteiger partial charge in [0.05, 0.1) is 24.1 Å². The zero-order valence-corrected chi connectivity index (χ0v) is 13.2. The smallest absolute Gasteiger partial charge is 0.270 e. The summed E-state index contributed by atoms with van der Waals surface area (Å²) in [5.41, 5.74) is 4.20. The van der Waals surface area contributed by atoms with Gasteiger partial charge in [0.2, 0.25) is 0 Å². The Kier molecular flexibility index (Phi) is 3.51. The molecule has 2 amide bonds. The van der Waals surface area contributed by atoms with Crippen molar-refractivity contribution in [3.8, 4) is 5.75 Å². The number of carbonyl (C=O) groups excluding carboxylic acids is 2. The van der Waals surface area contributed by atoms with Gasteiger partial charge in [-0.05, 0) is 48.5 Å². The number of amides is 2. The summed E-state index contributed by atoms with van der Waals surface area (Å²) in [7, 11) is 1.53. The molecule has 6 nitrogen and oxygen atoms in total. The first-order chi connectivity index (χ1) is 12.1. The molecule has 2 heterocycles. The van der Waals surface area contributed by atoms with Gasteiger partial charge in [0.25, 0.3) is 11.8 Å². The van der Waals surface area contributed by atoms with Gasteiger partial charge in [0, 0.05) is 5.56 Å². The molecule has 126 valence electrons. The molecule has 1 saturated heterocycles. The number of anilines is 1. The summed E-state index contributed by atoms with van der Waals surface area (Å²) in [6.07, 6.45) is -1.02. The molecular weight excluding hydrogens is 327 g/mol. The summed E-state index contributed by atoms with van der Waals surface area (Å²) in [6.45, 7) is 0. The van der Waals surface area contributed by atoms with Crippen LogP contribution in [0.3, 0.4) is 0 Å². The van der Waals surface area contributed by atoms with Crippen molar-refractivity contribution >= 4 is 23.2 Å². The van der Waals surface area contributed by atoms with Crippen LogP contribution in [0, 0.1) is 5.82 Å². The number of hydrogen-bond donors (Lipinski definition) is 1. The fourth-order valence-corrected chi connectivity index (χ4v) is 2.90. The summed E-state index contributed by atoms with van der Waals surface area (Å²) in [6, 6.07) is 12.2. The molecule has 0 unspecified atom stereocenters. The standard InChI is InChI=1S/C18H13FN2O4/c1-24-13-8-6-12(7-9-13)21-17(22)14-15(20-25-16(14)18(21)23)10-2-4-11(19)5-3-10/h2-9,16,20H,1H3/t16-/m1/s1. The van der Waals surface area contributed by atoms with Gasteiger partial charge < -0.3 is 4.74 Å². The summed E-state index contributed by atoms with van der Waals surface area (Å²) >= 11 is 0. The van der Waals surface area contributed by atoms with Gasteiger partial charge in [0.1, 0.15) is 11.6 Å². The second kappa shape index (κ2) is 5.71. The fraction of sp³-hybridized carbons (Fsp3) is 0.111. The average molecular weight is 340 g/mol. The number of methoxy groups -OCH3 is 1. The molecule has 0 saturated carbocycles. The Morgan fingerprint density at radius 3 is 2.40 bits per heavy atom. The zero-order chi connectivity index (χ0) is 17.6. The van der Waals surface area contributed by atoms with Crippen LogP contribution in [0.2, 0.25) is 0 Å². The van der Waals surface area contributed by atoms with Gasteiger partial charge in [-0.15, -0.1) is 0 Å². The third-order valence-corrected chi connectivity index (χ3v) is 4.15. The van der Waals surface area contributed by atoms with E-state index in [4.69, 9.17) is 9.57 Å². The maximum Gasteiger partial charge on any atom is 0.270 e. The summed E-state index contributed by atoms with van der Waals surface area (Å²) in [4.78, 5) is 31.8. The molecule has 25 heavy (non-hydrogen) atoms. The lowest BCUT2D eigenvalue weighted by Gasteiger charge is -2.16. The van der Waals surface area contributed by atoms with E-state index in [9.17, 15) is 14.0 Å². The van der Waals surface area contributed by atoms with Gasteiger partial charge in [0.15, 0.2) is 6.10 Å². The maximum atomic E-state index is 13.1. The monoisotopic (exact) mass is 340 g/mol. The maximum absolute atomic E-state index is 13.1. The number of nitrogens with one attached hydrogen (secondary N) is 1. The summed E-state index contributed by atoms with van der Waals surface area (Å²) in [5.74, 6) is -0.718. The molecule has 0 spiro atoms. The molecule has 1 N–H and O–H groups in total. The van der Waals surface area contributed by atoms with E-state index >= 15 is 0 Å². The average Bonchev–Trinajstić information content (AvgIpc) is 3.17. The zero-order valence-electron chi connectivity index (χ0n) is 13.2. The van der Waals surface area contributed by atoms with Crippen LogP contribution in [0.1, 0.15) is 5.56 Å². The number of halogens is 1. The molecule has 2 aliphatic heterocycles. The van der Waals surface area contributed by atoms with E-state index in [0.29, 0.717) is 22.7 Å². The number of imide groups is 1. The van der Waals surface area contributed by atoms with Gasteiger partial charge in [-0.25, -0.2) is 9.29 Å². The van der Waals surface area contributed by atoms with E-state index in [0.717, 1.165) is 4.90 Å². The van der Waals surface area contributed by atoms with Crippen LogP contribution in [0.15, 0.2) is 54.1 Å². The fourth-order valence-electron chi connectivity index (χ4n) is 2.90.